The second kappa shape index (κ2) is 4.72. The standard InChI is InChI=1S/C11H13N3OS2/c16-11-13-12-10(9-4-2-6-17-9)14(11)7-8-3-1-5-15-8/h2,4,6,8H,1,3,5,7H2,(H,13,16)/t8-/m1/s1. The van der Waals surface area contributed by atoms with Crippen molar-refractivity contribution in [2.24, 2.45) is 0 Å². The van der Waals surface area contributed by atoms with Crippen LogP contribution < -0.4 is 0 Å². The number of nitrogens with zero attached hydrogens (tertiary/aromatic N) is 2. The monoisotopic (exact) mass is 267 g/mol. The molecule has 1 saturated heterocycles. The SMILES string of the molecule is S=c1[nH]nc(-c2cccs2)n1C[C@H]1CCCO1. The molecule has 90 valence electrons. The third kappa shape index (κ3) is 2.20. The molecule has 0 aliphatic carbocycles. The van der Waals surface area contributed by atoms with Crippen LogP contribution in [0.1, 0.15) is 12.8 Å². The van der Waals surface area contributed by atoms with Crippen LogP contribution in [0.4, 0.5) is 0 Å². The molecule has 0 bridgehead atoms. The second-order valence-electron chi connectivity index (χ2n) is 4.08. The van der Waals surface area contributed by atoms with Crippen molar-refractivity contribution >= 4 is 23.6 Å². The zero-order valence-corrected chi connectivity index (χ0v) is 10.9. The van der Waals surface area contributed by atoms with E-state index in [0.717, 1.165) is 36.7 Å². The van der Waals surface area contributed by atoms with E-state index in [0.29, 0.717) is 4.77 Å². The minimum Gasteiger partial charge on any atom is -0.376 e. The minimum atomic E-state index is 0.276. The summed E-state index contributed by atoms with van der Waals surface area (Å²) in [7, 11) is 0. The molecule has 4 nitrogen and oxygen atoms in total. The number of ether oxygens (including phenoxy) is 1. The van der Waals surface area contributed by atoms with E-state index >= 15 is 0 Å². The van der Waals surface area contributed by atoms with Gasteiger partial charge < -0.3 is 4.74 Å². The van der Waals surface area contributed by atoms with Crippen LogP contribution in [0.2, 0.25) is 0 Å². The Morgan fingerprint density at radius 1 is 1.65 bits per heavy atom. The number of H-pyrrole nitrogens is 1. The van der Waals surface area contributed by atoms with Crippen LogP contribution in [0.5, 0.6) is 0 Å². The summed E-state index contributed by atoms with van der Waals surface area (Å²) in [6, 6.07) is 4.08. The van der Waals surface area contributed by atoms with Crippen molar-refractivity contribution in [3.63, 3.8) is 0 Å². The highest BCUT2D eigenvalue weighted by atomic mass is 32.1. The number of hydrogen-bond donors (Lipinski definition) is 1. The van der Waals surface area contributed by atoms with Crippen LogP contribution >= 0.6 is 23.6 Å². The predicted molar refractivity (Wildman–Crippen MR) is 69.7 cm³/mol. The van der Waals surface area contributed by atoms with E-state index in [-0.39, 0.29) is 6.10 Å². The molecular weight excluding hydrogens is 254 g/mol. The van der Waals surface area contributed by atoms with E-state index in [9.17, 15) is 0 Å². The van der Waals surface area contributed by atoms with Gasteiger partial charge in [-0.25, -0.2) is 0 Å². The first-order valence-electron chi connectivity index (χ1n) is 5.65. The van der Waals surface area contributed by atoms with Crippen LogP contribution in [-0.4, -0.2) is 27.5 Å². The van der Waals surface area contributed by atoms with E-state index in [1.165, 1.54) is 0 Å². The molecule has 1 atom stereocenters. The highest BCUT2D eigenvalue weighted by Gasteiger charge is 2.19. The molecule has 0 spiro atoms. The Bertz CT molecular complexity index is 537. The lowest BCUT2D eigenvalue weighted by molar-refractivity contribution is 0.0970. The highest BCUT2D eigenvalue weighted by molar-refractivity contribution is 7.71. The topological polar surface area (TPSA) is 42.8 Å². The molecule has 0 radical (unpaired) electrons. The van der Waals surface area contributed by atoms with Gasteiger partial charge in [0.05, 0.1) is 17.5 Å². The molecule has 1 aliphatic rings. The fraction of sp³-hybridized carbons (Fsp3) is 0.455. The summed E-state index contributed by atoms with van der Waals surface area (Å²) in [4.78, 5) is 1.13. The second-order valence-corrected chi connectivity index (χ2v) is 5.41. The molecule has 1 aliphatic heterocycles. The van der Waals surface area contributed by atoms with Crippen molar-refractivity contribution in [1.82, 2.24) is 14.8 Å². The van der Waals surface area contributed by atoms with Crippen LogP contribution in [0, 0.1) is 4.77 Å². The van der Waals surface area contributed by atoms with Crippen LogP contribution in [-0.2, 0) is 11.3 Å². The van der Waals surface area contributed by atoms with Gasteiger partial charge >= 0.3 is 0 Å². The minimum absolute atomic E-state index is 0.276. The highest BCUT2D eigenvalue weighted by Crippen LogP contribution is 2.24. The fourth-order valence-electron chi connectivity index (χ4n) is 2.07. The Kier molecular flexibility index (Phi) is 3.09. The van der Waals surface area contributed by atoms with Crippen molar-refractivity contribution < 1.29 is 4.74 Å². The summed E-state index contributed by atoms with van der Waals surface area (Å²) in [5.74, 6) is 0.917. The van der Waals surface area contributed by atoms with Crippen LogP contribution in [0.15, 0.2) is 17.5 Å². The molecule has 0 saturated carbocycles. The van der Waals surface area contributed by atoms with Gasteiger partial charge in [0.25, 0.3) is 0 Å². The smallest absolute Gasteiger partial charge is 0.195 e. The summed E-state index contributed by atoms with van der Waals surface area (Å²) in [6.45, 7) is 1.66. The molecule has 6 heteroatoms. The third-order valence-electron chi connectivity index (χ3n) is 2.91. The Morgan fingerprint density at radius 2 is 2.59 bits per heavy atom. The molecule has 3 rings (SSSR count). The number of aromatic amines is 1. The van der Waals surface area contributed by atoms with Gasteiger partial charge in [-0.2, -0.15) is 5.10 Å². The summed E-state index contributed by atoms with van der Waals surface area (Å²) in [5.41, 5.74) is 0. The van der Waals surface area contributed by atoms with Gasteiger partial charge in [0.15, 0.2) is 10.6 Å². The molecule has 2 aromatic rings. The van der Waals surface area contributed by atoms with Crippen molar-refractivity contribution in [2.45, 2.75) is 25.5 Å². The first kappa shape index (κ1) is 11.1. The van der Waals surface area contributed by atoms with Gasteiger partial charge in [-0.05, 0) is 36.5 Å². The average molecular weight is 267 g/mol. The lowest BCUT2D eigenvalue weighted by atomic mass is 10.2. The van der Waals surface area contributed by atoms with Gasteiger partial charge in [-0.3, -0.25) is 9.67 Å². The van der Waals surface area contributed by atoms with Gasteiger partial charge in [0.2, 0.25) is 0 Å². The first-order valence-corrected chi connectivity index (χ1v) is 6.94. The third-order valence-corrected chi connectivity index (χ3v) is 4.09. The van der Waals surface area contributed by atoms with E-state index in [4.69, 9.17) is 17.0 Å². The predicted octanol–water partition coefficient (Wildman–Crippen LogP) is 2.85. The zero-order valence-electron chi connectivity index (χ0n) is 9.26. The molecule has 1 fully saturated rings. The Hall–Kier alpha value is -0.980. The van der Waals surface area contributed by atoms with Crippen LogP contribution in [0.25, 0.3) is 10.7 Å². The number of nitrogens with one attached hydrogen (secondary N) is 1. The molecule has 3 heterocycles. The fourth-order valence-corrected chi connectivity index (χ4v) is 3.00. The number of rotatable bonds is 3. The lowest BCUT2D eigenvalue weighted by Crippen LogP contribution is -2.15. The first-order chi connectivity index (χ1) is 8.34. The molecule has 0 amide bonds. The Labute approximate surface area is 108 Å². The van der Waals surface area contributed by atoms with Gasteiger partial charge in [0, 0.05) is 6.61 Å². The molecule has 1 N–H and O–H groups in total. The van der Waals surface area contributed by atoms with Crippen molar-refractivity contribution in [2.75, 3.05) is 6.61 Å². The summed E-state index contributed by atoms with van der Waals surface area (Å²) in [6.07, 6.45) is 2.53. The molecular formula is C11H13N3OS2. The Morgan fingerprint density at radius 3 is 3.29 bits per heavy atom. The summed E-state index contributed by atoms with van der Waals surface area (Å²) >= 11 is 6.95. The normalized spacial score (nSPS) is 19.9. The van der Waals surface area contributed by atoms with Crippen molar-refractivity contribution in [3.8, 4) is 10.7 Å². The maximum absolute atomic E-state index is 5.65. The Balaban J connectivity index is 1.92. The van der Waals surface area contributed by atoms with E-state index in [1.807, 2.05) is 16.0 Å². The molecule has 0 unspecified atom stereocenters. The van der Waals surface area contributed by atoms with Crippen molar-refractivity contribution in [1.29, 1.82) is 0 Å². The van der Waals surface area contributed by atoms with E-state index in [2.05, 4.69) is 16.3 Å². The maximum Gasteiger partial charge on any atom is 0.195 e. The summed E-state index contributed by atoms with van der Waals surface area (Å²) < 4.78 is 8.36. The largest absolute Gasteiger partial charge is 0.376 e. The lowest BCUT2D eigenvalue weighted by Gasteiger charge is -2.11. The molecule has 2 aromatic heterocycles. The molecule has 0 aromatic carbocycles. The quantitative estimate of drug-likeness (QED) is 0.870. The summed E-state index contributed by atoms with van der Waals surface area (Å²) in [5, 5.41) is 9.21. The number of aromatic nitrogens is 3. The number of hydrogen-bond acceptors (Lipinski definition) is 4. The zero-order chi connectivity index (χ0) is 11.7. The van der Waals surface area contributed by atoms with Crippen LogP contribution in [0.3, 0.4) is 0 Å². The van der Waals surface area contributed by atoms with Gasteiger partial charge in [-0.1, -0.05) is 6.07 Å². The maximum atomic E-state index is 5.65. The molecule has 17 heavy (non-hydrogen) atoms. The van der Waals surface area contributed by atoms with Gasteiger partial charge in [-0.15, -0.1) is 11.3 Å². The van der Waals surface area contributed by atoms with E-state index in [1.54, 1.807) is 11.3 Å². The van der Waals surface area contributed by atoms with Gasteiger partial charge in [0.1, 0.15) is 0 Å². The van der Waals surface area contributed by atoms with E-state index < -0.39 is 0 Å². The number of thiophene rings is 1. The average Bonchev–Trinajstić information content (AvgIpc) is 3.03. The van der Waals surface area contributed by atoms with Crippen molar-refractivity contribution in [3.05, 3.63) is 22.3 Å².